The van der Waals surface area contributed by atoms with E-state index in [0.29, 0.717) is 6.61 Å². The van der Waals surface area contributed by atoms with Crippen LogP contribution in [-0.4, -0.2) is 18.4 Å². The van der Waals surface area contributed by atoms with Crippen molar-refractivity contribution in [1.82, 2.24) is 0 Å². The lowest BCUT2D eigenvalue weighted by molar-refractivity contribution is -0.154. The summed E-state index contributed by atoms with van der Waals surface area (Å²) in [5.41, 5.74) is 0. The Balaban J connectivity index is 2.71. The Kier molecular flexibility index (Phi) is 6.37. The van der Waals surface area contributed by atoms with Crippen molar-refractivity contribution in [1.29, 1.82) is 0 Å². The highest BCUT2D eigenvalue weighted by molar-refractivity contribution is 6.00. The fourth-order valence-corrected chi connectivity index (χ4v) is 2.77. The molecule has 0 spiro atoms. The minimum absolute atomic E-state index is 0.0276. The molecular weight excluding hydrogens is 228 g/mol. The number of esters is 1. The number of ketones is 1. The van der Waals surface area contributed by atoms with E-state index in [-0.39, 0.29) is 23.6 Å². The molecule has 3 heteroatoms. The quantitative estimate of drug-likeness (QED) is 0.429. The van der Waals surface area contributed by atoms with Crippen LogP contribution in [0.5, 0.6) is 0 Å². The van der Waals surface area contributed by atoms with Crippen molar-refractivity contribution in [3.63, 3.8) is 0 Å². The second-order valence-corrected chi connectivity index (χ2v) is 5.56. The standard InChI is InChI=1S/C15H26O3/c1-4-18-15(17)13(11(2)3)14(16)12-9-7-5-6-8-10-12/h11-13H,4-10H2,1-3H3. The van der Waals surface area contributed by atoms with Gasteiger partial charge in [0.25, 0.3) is 0 Å². The number of hydrogen-bond donors (Lipinski definition) is 0. The molecule has 1 rings (SSSR count). The molecule has 0 aliphatic heterocycles. The summed E-state index contributed by atoms with van der Waals surface area (Å²) in [7, 11) is 0. The summed E-state index contributed by atoms with van der Waals surface area (Å²) in [6.07, 6.45) is 6.56. The zero-order chi connectivity index (χ0) is 13.5. The summed E-state index contributed by atoms with van der Waals surface area (Å²) < 4.78 is 5.05. The van der Waals surface area contributed by atoms with E-state index in [9.17, 15) is 9.59 Å². The van der Waals surface area contributed by atoms with Crippen LogP contribution in [0.4, 0.5) is 0 Å². The highest BCUT2D eigenvalue weighted by atomic mass is 16.5. The topological polar surface area (TPSA) is 43.4 Å². The summed E-state index contributed by atoms with van der Waals surface area (Å²) in [6, 6.07) is 0. The second-order valence-electron chi connectivity index (χ2n) is 5.56. The molecule has 0 N–H and O–H groups in total. The molecule has 0 bridgehead atoms. The molecule has 1 unspecified atom stereocenters. The maximum Gasteiger partial charge on any atom is 0.316 e. The van der Waals surface area contributed by atoms with Gasteiger partial charge in [0.2, 0.25) is 0 Å². The van der Waals surface area contributed by atoms with E-state index in [1.54, 1.807) is 6.92 Å². The number of Topliss-reactive ketones (excluding diaryl/α,β-unsaturated/α-hetero) is 1. The van der Waals surface area contributed by atoms with Gasteiger partial charge in [-0.05, 0) is 25.7 Å². The Morgan fingerprint density at radius 3 is 2.11 bits per heavy atom. The highest BCUT2D eigenvalue weighted by Gasteiger charge is 2.35. The van der Waals surface area contributed by atoms with Gasteiger partial charge in [0.1, 0.15) is 11.7 Å². The van der Waals surface area contributed by atoms with Gasteiger partial charge in [0.15, 0.2) is 0 Å². The first kappa shape index (κ1) is 15.2. The summed E-state index contributed by atoms with van der Waals surface area (Å²) in [5, 5.41) is 0. The van der Waals surface area contributed by atoms with Crippen LogP contribution in [0.1, 0.15) is 59.3 Å². The van der Waals surface area contributed by atoms with Crippen LogP contribution in [0.3, 0.4) is 0 Å². The number of rotatable bonds is 5. The van der Waals surface area contributed by atoms with Crippen LogP contribution in [0, 0.1) is 17.8 Å². The zero-order valence-electron chi connectivity index (χ0n) is 11.9. The lowest BCUT2D eigenvalue weighted by atomic mass is 9.82. The Labute approximate surface area is 110 Å². The normalized spacial score (nSPS) is 19.3. The first-order valence-electron chi connectivity index (χ1n) is 7.28. The van der Waals surface area contributed by atoms with Gasteiger partial charge in [-0.25, -0.2) is 0 Å². The maximum absolute atomic E-state index is 12.5. The van der Waals surface area contributed by atoms with Crippen LogP contribution in [0.25, 0.3) is 0 Å². The Bertz CT molecular complexity index is 275. The molecule has 18 heavy (non-hydrogen) atoms. The summed E-state index contributed by atoms with van der Waals surface area (Å²) >= 11 is 0. The fraction of sp³-hybridized carbons (Fsp3) is 0.867. The third-order valence-corrected chi connectivity index (χ3v) is 3.77. The predicted molar refractivity (Wildman–Crippen MR) is 71.2 cm³/mol. The lowest BCUT2D eigenvalue weighted by Gasteiger charge is -2.22. The molecule has 1 saturated carbocycles. The van der Waals surface area contributed by atoms with Gasteiger partial charge >= 0.3 is 5.97 Å². The van der Waals surface area contributed by atoms with Crippen molar-refractivity contribution in [2.45, 2.75) is 59.3 Å². The molecule has 104 valence electrons. The molecule has 1 fully saturated rings. The molecule has 1 atom stereocenters. The average Bonchev–Trinajstić information content (AvgIpc) is 2.57. The SMILES string of the molecule is CCOC(=O)C(C(=O)C1CCCCCC1)C(C)C. The first-order chi connectivity index (χ1) is 8.57. The molecule has 1 aliphatic carbocycles. The number of hydrogen-bond acceptors (Lipinski definition) is 3. The van der Waals surface area contributed by atoms with Gasteiger partial charge in [-0.15, -0.1) is 0 Å². The minimum Gasteiger partial charge on any atom is -0.465 e. The number of carbonyl (C=O) groups excluding carboxylic acids is 2. The molecule has 0 aromatic heterocycles. The molecular formula is C15H26O3. The van der Waals surface area contributed by atoms with Crippen molar-refractivity contribution in [2.24, 2.45) is 17.8 Å². The Hall–Kier alpha value is -0.860. The third-order valence-electron chi connectivity index (χ3n) is 3.77. The molecule has 0 radical (unpaired) electrons. The predicted octanol–water partition coefficient (Wildman–Crippen LogP) is 3.36. The van der Waals surface area contributed by atoms with Gasteiger partial charge in [-0.2, -0.15) is 0 Å². The van der Waals surface area contributed by atoms with E-state index < -0.39 is 5.92 Å². The average molecular weight is 254 g/mol. The molecule has 3 nitrogen and oxygen atoms in total. The monoisotopic (exact) mass is 254 g/mol. The Morgan fingerprint density at radius 1 is 1.11 bits per heavy atom. The van der Waals surface area contributed by atoms with Crippen LogP contribution >= 0.6 is 0 Å². The molecule has 0 amide bonds. The van der Waals surface area contributed by atoms with E-state index >= 15 is 0 Å². The highest BCUT2D eigenvalue weighted by Crippen LogP contribution is 2.28. The summed E-state index contributed by atoms with van der Waals surface area (Å²) in [6.45, 7) is 5.98. The molecule has 1 aliphatic rings. The number of carbonyl (C=O) groups is 2. The van der Waals surface area contributed by atoms with E-state index in [1.165, 1.54) is 12.8 Å². The maximum atomic E-state index is 12.5. The van der Waals surface area contributed by atoms with Crippen LogP contribution in [-0.2, 0) is 14.3 Å². The Morgan fingerprint density at radius 2 is 1.67 bits per heavy atom. The van der Waals surface area contributed by atoms with E-state index in [2.05, 4.69) is 0 Å². The first-order valence-corrected chi connectivity index (χ1v) is 7.28. The van der Waals surface area contributed by atoms with Crippen molar-refractivity contribution in [3.8, 4) is 0 Å². The van der Waals surface area contributed by atoms with Gasteiger partial charge in [0, 0.05) is 5.92 Å². The van der Waals surface area contributed by atoms with E-state index in [0.717, 1.165) is 25.7 Å². The zero-order valence-corrected chi connectivity index (χ0v) is 11.9. The van der Waals surface area contributed by atoms with Gasteiger partial charge < -0.3 is 4.74 Å². The molecule has 0 heterocycles. The van der Waals surface area contributed by atoms with Gasteiger partial charge in [-0.3, -0.25) is 9.59 Å². The van der Waals surface area contributed by atoms with E-state index in [1.807, 2.05) is 13.8 Å². The number of ether oxygens (including phenoxy) is 1. The smallest absolute Gasteiger partial charge is 0.316 e. The van der Waals surface area contributed by atoms with Crippen LogP contribution in [0.15, 0.2) is 0 Å². The summed E-state index contributed by atoms with van der Waals surface area (Å²) in [4.78, 5) is 24.4. The van der Waals surface area contributed by atoms with Crippen molar-refractivity contribution < 1.29 is 14.3 Å². The minimum atomic E-state index is -0.562. The summed E-state index contributed by atoms with van der Waals surface area (Å²) in [5.74, 6) is -0.677. The third kappa shape index (κ3) is 4.11. The van der Waals surface area contributed by atoms with Crippen molar-refractivity contribution >= 4 is 11.8 Å². The van der Waals surface area contributed by atoms with E-state index in [4.69, 9.17) is 4.74 Å². The molecule has 0 aromatic rings. The van der Waals surface area contributed by atoms with Crippen LogP contribution in [0.2, 0.25) is 0 Å². The lowest BCUT2D eigenvalue weighted by Crippen LogP contribution is -2.35. The van der Waals surface area contributed by atoms with Crippen LogP contribution < -0.4 is 0 Å². The largest absolute Gasteiger partial charge is 0.465 e. The second kappa shape index (κ2) is 7.55. The van der Waals surface area contributed by atoms with Gasteiger partial charge in [-0.1, -0.05) is 39.5 Å². The molecule has 0 saturated heterocycles. The van der Waals surface area contributed by atoms with Gasteiger partial charge in [0.05, 0.1) is 6.61 Å². The molecule has 0 aromatic carbocycles. The van der Waals surface area contributed by atoms with Crippen molar-refractivity contribution in [2.75, 3.05) is 6.61 Å². The fourth-order valence-electron chi connectivity index (χ4n) is 2.77. The van der Waals surface area contributed by atoms with Crippen molar-refractivity contribution in [3.05, 3.63) is 0 Å².